The van der Waals surface area contributed by atoms with E-state index in [1.165, 1.54) is 0 Å². The zero-order valence-electron chi connectivity index (χ0n) is 15.8. The van der Waals surface area contributed by atoms with Crippen LogP contribution in [0.2, 0.25) is 0 Å². The number of hydrogen-bond donors (Lipinski definition) is 2. The smallest absolute Gasteiger partial charge is 0.343 e. The number of carbonyl (C=O) groups is 2. The lowest BCUT2D eigenvalue weighted by atomic mass is 10.1. The molecule has 0 radical (unpaired) electrons. The summed E-state index contributed by atoms with van der Waals surface area (Å²) >= 11 is 0. The van der Waals surface area contributed by atoms with Crippen LogP contribution in [0.3, 0.4) is 0 Å². The first kappa shape index (κ1) is 18.6. The molecule has 0 aliphatic carbocycles. The number of fused-ring (bicyclic) bond motifs is 1. The van der Waals surface area contributed by atoms with E-state index in [-0.39, 0.29) is 5.91 Å². The molecule has 6 nitrogen and oxygen atoms in total. The van der Waals surface area contributed by atoms with Gasteiger partial charge in [-0.15, -0.1) is 0 Å². The molecule has 29 heavy (non-hydrogen) atoms. The minimum atomic E-state index is -0.461. The standard InChI is InChI=1S/C23H20N2O4/c1-2-28-20-14-16(21-24-18-11-7-6-10-17(18)22(26)25-21)12-13-19(20)29-23(27)15-8-4-3-5-9-15/h3-14,21,24H,2H2,1H3,(H,25,26)/t21-/m1/s1. The van der Waals surface area contributed by atoms with Gasteiger partial charge >= 0.3 is 5.97 Å². The van der Waals surface area contributed by atoms with Crippen LogP contribution in [0.1, 0.15) is 39.4 Å². The molecule has 0 saturated heterocycles. The van der Waals surface area contributed by atoms with E-state index in [0.29, 0.717) is 29.2 Å². The van der Waals surface area contributed by atoms with Crippen molar-refractivity contribution in [3.05, 3.63) is 89.5 Å². The Balaban J connectivity index is 1.59. The number of esters is 1. The van der Waals surface area contributed by atoms with Crippen LogP contribution in [0.25, 0.3) is 0 Å². The maximum absolute atomic E-state index is 12.4. The SMILES string of the molecule is CCOc1cc([C@H]2NC(=O)c3ccccc3N2)ccc1OC(=O)c1ccccc1. The fourth-order valence-electron chi connectivity index (χ4n) is 3.16. The molecule has 1 heterocycles. The Bertz CT molecular complexity index is 1050. The third-order valence-corrected chi connectivity index (χ3v) is 4.56. The molecule has 0 saturated carbocycles. The molecule has 0 spiro atoms. The minimum absolute atomic E-state index is 0.151. The number of nitrogens with one attached hydrogen (secondary N) is 2. The summed E-state index contributed by atoms with van der Waals surface area (Å²) in [6, 6.07) is 21.3. The largest absolute Gasteiger partial charge is 0.490 e. The van der Waals surface area contributed by atoms with Crippen molar-refractivity contribution in [1.29, 1.82) is 0 Å². The molecule has 6 heteroatoms. The van der Waals surface area contributed by atoms with E-state index in [0.717, 1.165) is 11.3 Å². The first-order valence-electron chi connectivity index (χ1n) is 9.36. The monoisotopic (exact) mass is 388 g/mol. The molecule has 1 aliphatic rings. The maximum Gasteiger partial charge on any atom is 0.343 e. The van der Waals surface area contributed by atoms with Gasteiger partial charge in [0.25, 0.3) is 5.91 Å². The third kappa shape index (κ3) is 3.91. The number of para-hydroxylation sites is 1. The van der Waals surface area contributed by atoms with Gasteiger partial charge in [0, 0.05) is 5.69 Å². The topological polar surface area (TPSA) is 76.7 Å². The van der Waals surface area contributed by atoms with Crippen LogP contribution in [0, 0.1) is 0 Å². The Morgan fingerprint density at radius 3 is 2.48 bits per heavy atom. The highest BCUT2D eigenvalue weighted by atomic mass is 16.6. The highest BCUT2D eigenvalue weighted by Crippen LogP contribution is 2.33. The van der Waals surface area contributed by atoms with Gasteiger partial charge in [-0.05, 0) is 48.9 Å². The second-order valence-corrected chi connectivity index (χ2v) is 6.49. The van der Waals surface area contributed by atoms with Gasteiger partial charge in [0.2, 0.25) is 0 Å². The fraction of sp³-hybridized carbons (Fsp3) is 0.130. The minimum Gasteiger partial charge on any atom is -0.490 e. The second kappa shape index (κ2) is 8.06. The summed E-state index contributed by atoms with van der Waals surface area (Å²) in [6.07, 6.45) is -0.421. The van der Waals surface area contributed by atoms with Crippen molar-refractivity contribution < 1.29 is 19.1 Å². The lowest BCUT2D eigenvalue weighted by Crippen LogP contribution is -2.38. The van der Waals surface area contributed by atoms with Gasteiger partial charge in [-0.25, -0.2) is 4.79 Å². The van der Waals surface area contributed by atoms with Gasteiger partial charge in [0.1, 0.15) is 6.17 Å². The molecule has 1 aliphatic heterocycles. The number of benzene rings is 3. The summed E-state index contributed by atoms with van der Waals surface area (Å²) in [7, 11) is 0. The Morgan fingerprint density at radius 1 is 0.931 bits per heavy atom. The molecule has 0 fully saturated rings. The van der Waals surface area contributed by atoms with E-state index in [2.05, 4.69) is 10.6 Å². The van der Waals surface area contributed by atoms with Gasteiger partial charge < -0.3 is 20.1 Å². The lowest BCUT2D eigenvalue weighted by Gasteiger charge is -2.28. The van der Waals surface area contributed by atoms with Crippen molar-refractivity contribution in [3.8, 4) is 11.5 Å². The van der Waals surface area contributed by atoms with Crippen molar-refractivity contribution in [3.63, 3.8) is 0 Å². The van der Waals surface area contributed by atoms with Crippen LogP contribution in [0.15, 0.2) is 72.8 Å². The Labute approximate surface area is 168 Å². The summed E-state index contributed by atoms with van der Waals surface area (Å²) in [5.41, 5.74) is 2.61. The zero-order chi connectivity index (χ0) is 20.2. The van der Waals surface area contributed by atoms with Crippen LogP contribution < -0.4 is 20.1 Å². The van der Waals surface area contributed by atoms with Gasteiger partial charge in [-0.1, -0.05) is 36.4 Å². The van der Waals surface area contributed by atoms with E-state index in [9.17, 15) is 9.59 Å². The Hall–Kier alpha value is -3.80. The van der Waals surface area contributed by atoms with Crippen LogP contribution >= 0.6 is 0 Å². The molecular formula is C23H20N2O4. The summed E-state index contributed by atoms with van der Waals surface area (Å²) in [5.74, 6) is 0.149. The zero-order valence-corrected chi connectivity index (χ0v) is 15.8. The highest BCUT2D eigenvalue weighted by molar-refractivity contribution is 6.01. The van der Waals surface area contributed by atoms with Gasteiger partial charge in [-0.3, -0.25) is 4.79 Å². The number of amides is 1. The van der Waals surface area contributed by atoms with Crippen molar-refractivity contribution in [2.24, 2.45) is 0 Å². The molecule has 3 aromatic carbocycles. The summed E-state index contributed by atoms with van der Waals surface area (Å²) in [6.45, 7) is 2.26. The number of carbonyl (C=O) groups excluding carboxylic acids is 2. The van der Waals surface area contributed by atoms with Crippen molar-refractivity contribution >= 4 is 17.6 Å². The third-order valence-electron chi connectivity index (χ3n) is 4.56. The van der Waals surface area contributed by atoms with Crippen molar-refractivity contribution in [2.75, 3.05) is 11.9 Å². The highest BCUT2D eigenvalue weighted by Gasteiger charge is 2.25. The van der Waals surface area contributed by atoms with Crippen molar-refractivity contribution in [2.45, 2.75) is 13.1 Å². The first-order chi connectivity index (χ1) is 14.2. The quantitative estimate of drug-likeness (QED) is 0.507. The molecule has 1 amide bonds. The molecule has 0 aromatic heterocycles. The fourth-order valence-corrected chi connectivity index (χ4v) is 3.16. The Morgan fingerprint density at radius 2 is 1.69 bits per heavy atom. The van der Waals surface area contributed by atoms with E-state index in [1.807, 2.05) is 31.2 Å². The van der Waals surface area contributed by atoms with Gasteiger partial charge in [0.05, 0.1) is 17.7 Å². The number of rotatable bonds is 5. The average Bonchev–Trinajstić information content (AvgIpc) is 2.75. The van der Waals surface area contributed by atoms with E-state index in [4.69, 9.17) is 9.47 Å². The predicted molar refractivity (Wildman–Crippen MR) is 109 cm³/mol. The molecule has 0 unspecified atom stereocenters. The molecular weight excluding hydrogens is 368 g/mol. The first-order valence-corrected chi connectivity index (χ1v) is 9.36. The Kier molecular flexibility index (Phi) is 5.16. The molecule has 1 atom stereocenters. The normalized spacial score (nSPS) is 14.9. The lowest BCUT2D eigenvalue weighted by molar-refractivity contribution is 0.0728. The van der Waals surface area contributed by atoms with Crippen LogP contribution in [-0.2, 0) is 0 Å². The number of hydrogen-bond acceptors (Lipinski definition) is 5. The molecule has 146 valence electrons. The number of anilines is 1. The van der Waals surface area contributed by atoms with E-state index in [1.54, 1.807) is 48.5 Å². The molecule has 2 N–H and O–H groups in total. The number of ether oxygens (including phenoxy) is 2. The van der Waals surface area contributed by atoms with Crippen LogP contribution in [0.4, 0.5) is 5.69 Å². The van der Waals surface area contributed by atoms with Crippen molar-refractivity contribution in [1.82, 2.24) is 5.32 Å². The van der Waals surface area contributed by atoms with Crippen LogP contribution in [-0.4, -0.2) is 18.5 Å². The van der Waals surface area contributed by atoms with Gasteiger partial charge in [-0.2, -0.15) is 0 Å². The molecule has 4 rings (SSSR count). The van der Waals surface area contributed by atoms with Crippen LogP contribution in [0.5, 0.6) is 11.5 Å². The van der Waals surface area contributed by atoms with Gasteiger partial charge in [0.15, 0.2) is 11.5 Å². The average molecular weight is 388 g/mol. The predicted octanol–water partition coefficient (Wildman–Crippen LogP) is 4.16. The van der Waals surface area contributed by atoms with E-state index >= 15 is 0 Å². The molecule has 0 bridgehead atoms. The summed E-state index contributed by atoms with van der Waals surface area (Å²) < 4.78 is 11.2. The van der Waals surface area contributed by atoms with E-state index < -0.39 is 12.1 Å². The maximum atomic E-state index is 12.4. The summed E-state index contributed by atoms with van der Waals surface area (Å²) in [4.78, 5) is 24.8. The summed E-state index contributed by atoms with van der Waals surface area (Å²) in [5, 5.41) is 6.23. The molecule has 3 aromatic rings. The second-order valence-electron chi connectivity index (χ2n) is 6.49.